The second-order valence-corrected chi connectivity index (χ2v) is 10.4. The molecule has 3 aromatic rings. The van der Waals surface area contributed by atoms with Crippen LogP contribution in [0, 0.1) is 13.8 Å². The zero-order valence-corrected chi connectivity index (χ0v) is 18.5. The van der Waals surface area contributed by atoms with Crippen LogP contribution in [0.25, 0.3) is 10.9 Å². The van der Waals surface area contributed by atoms with Crippen LogP contribution in [0.1, 0.15) is 44.5 Å². The van der Waals surface area contributed by atoms with E-state index < -0.39 is 14.6 Å². The molecule has 0 fully saturated rings. The maximum absolute atomic E-state index is 12.8. The zero-order valence-electron chi connectivity index (χ0n) is 17.7. The Kier molecular flexibility index (Phi) is 6.49. The number of aryl methyl sites for hydroxylation is 3. The molecule has 0 aliphatic heterocycles. The van der Waals surface area contributed by atoms with Gasteiger partial charge < -0.3 is 5.32 Å². The Morgan fingerprint density at radius 3 is 2.29 bits per heavy atom. The molecule has 0 amide bonds. The molecule has 152 valence electrons. The maximum atomic E-state index is 12.8. The number of pyridine rings is 1. The molecule has 2 aromatic heterocycles. The van der Waals surface area contributed by atoms with Crippen molar-refractivity contribution >= 4 is 26.4 Å². The third kappa shape index (κ3) is 4.35. The summed E-state index contributed by atoms with van der Waals surface area (Å²) in [6.07, 6.45) is 4.20. The fourth-order valence-electron chi connectivity index (χ4n) is 2.70. The number of H-pyrrole nitrogens is 1. The second-order valence-electron chi connectivity index (χ2n) is 7.73. The van der Waals surface area contributed by atoms with E-state index in [1.165, 1.54) is 5.56 Å². The van der Waals surface area contributed by atoms with E-state index in [-0.39, 0.29) is 0 Å². The van der Waals surface area contributed by atoms with Gasteiger partial charge in [-0.1, -0.05) is 6.92 Å². The standard InChI is InChI=1S/C16H22N2O2S.C5H8N2/c1-6-11-9-14-12(13(17-5)7-8-18-14)10-15(11)21(19,20)16(2,3)4;1-4-3-6-7-5(4)2/h7-10H,6H2,1-5H3,(H,17,18);3H,1-2H3,(H,6,7). The normalized spacial score (nSPS) is 11.8. The van der Waals surface area contributed by atoms with Crippen LogP contribution in [0.5, 0.6) is 0 Å². The molecule has 0 unspecified atom stereocenters. The summed E-state index contributed by atoms with van der Waals surface area (Å²) in [5.41, 5.74) is 4.89. The number of aromatic amines is 1. The molecule has 6 nitrogen and oxygen atoms in total. The SMILES string of the molecule is CCc1cc2nccc(NC)c2cc1S(=O)(=O)C(C)(C)C.Cc1cn[nH]c1C. The lowest BCUT2D eigenvalue weighted by atomic mass is 10.1. The van der Waals surface area contributed by atoms with Gasteiger partial charge in [0.1, 0.15) is 0 Å². The minimum atomic E-state index is -3.39. The number of nitrogens with one attached hydrogen (secondary N) is 2. The number of sulfone groups is 1. The van der Waals surface area contributed by atoms with Crippen molar-refractivity contribution in [1.82, 2.24) is 15.2 Å². The number of aromatic nitrogens is 3. The van der Waals surface area contributed by atoms with Crippen molar-refractivity contribution in [3.05, 3.63) is 47.4 Å². The van der Waals surface area contributed by atoms with Crippen LogP contribution in [0.4, 0.5) is 5.69 Å². The van der Waals surface area contributed by atoms with E-state index >= 15 is 0 Å². The summed E-state index contributed by atoms with van der Waals surface area (Å²) in [5, 5.41) is 10.5. The van der Waals surface area contributed by atoms with E-state index in [4.69, 9.17) is 0 Å². The first kappa shape index (κ1) is 21.9. The number of anilines is 1. The molecule has 3 rings (SSSR count). The van der Waals surface area contributed by atoms with Gasteiger partial charge >= 0.3 is 0 Å². The highest BCUT2D eigenvalue weighted by atomic mass is 32.2. The Morgan fingerprint density at radius 2 is 1.86 bits per heavy atom. The highest BCUT2D eigenvalue weighted by Crippen LogP contribution is 2.33. The molecular weight excluding hydrogens is 372 g/mol. The topological polar surface area (TPSA) is 87.7 Å². The molecule has 0 aliphatic rings. The smallest absolute Gasteiger partial charge is 0.183 e. The highest BCUT2D eigenvalue weighted by Gasteiger charge is 2.32. The predicted octanol–water partition coefficient (Wildman–Crippen LogP) is 4.44. The molecule has 7 heteroatoms. The predicted molar refractivity (Wildman–Crippen MR) is 116 cm³/mol. The van der Waals surface area contributed by atoms with Gasteiger partial charge in [-0.3, -0.25) is 10.1 Å². The van der Waals surface area contributed by atoms with Gasteiger partial charge in [-0.05, 0) is 70.4 Å². The molecule has 0 atom stereocenters. The Morgan fingerprint density at radius 1 is 1.18 bits per heavy atom. The number of hydrogen-bond donors (Lipinski definition) is 2. The quantitative estimate of drug-likeness (QED) is 0.676. The van der Waals surface area contributed by atoms with Crippen molar-refractivity contribution in [2.75, 3.05) is 12.4 Å². The minimum Gasteiger partial charge on any atom is -0.388 e. The molecule has 0 aliphatic carbocycles. The molecule has 0 bridgehead atoms. The van der Waals surface area contributed by atoms with Gasteiger partial charge in [-0.25, -0.2) is 8.42 Å². The largest absolute Gasteiger partial charge is 0.388 e. The van der Waals surface area contributed by atoms with Crippen molar-refractivity contribution in [1.29, 1.82) is 0 Å². The van der Waals surface area contributed by atoms with E-state index in [1.807, 2.05) is 46.1 Å². The van der Waals surface area contributed by atoms with Gasteiger partial charge in [0, 0.05) is 30.0 Å². The third-order valence-corrected chi connectivity index (χ3v) is 7.32. The lowest BCUT2D eigenvalue weighted by Gasteiger charge is -2.22. The van der Waals surface area contributed by atoms with Gasteiger partial charge in [0.05, 0.1) is 21.4 Å². The summed E-state index contributed by atoms with van der Waals surface area (Å²) in [6.45, 7) is 11.2. The number of rotatable bonds is 3. The highest BCUT2D eigenvalue weighted by molar-refractivity contribution is 7.92. The molecule has 1 aromatic carbocycles. The van der Waals surface area contributed by atoms with Gasteiger partial charge in [0.15, 0.2) is 9.84 Å². The van der Waals surface area contributed by atoms with Crippen molar-refractivity contribution in [2.45, 2.75) is 57.6 Å². The Hall–Kier alpha value is -2.41. The van der Waals surface area contributed by atoms with Crippen LogP contribution >= 0.6 is 0 Å². The first-order valence-corrected chi connectivity index (χ1v) is 10.8. The van der Waals surface area contributed by atoms with Crippen molar-refractivity contribution in [2.24, 2.45) is 0 Å². The molecule has 2 N–H and O–H groups in total. The van der Waals surface area contributed by atoms with Gasteiger partial charge in [-0.15, -0.1) is 0 Å². The summed E-state index contributed by atoms with van der Waals surface area (Å²) in [7, 11) is -1.57. The first-order valence-electron chi connectivity index (χ1n) is 9.33. The van der Waals surface area contributed by atoms with E-state index in [1.54, 1.807) is 33.0 Å². The van der Waals surface area contributed by atoms with Crippen LogP contribution in [-0.2, 0) is 16.3 Å². The lowest BCUT2D eigenvalue weighted by molar-refractivity contribution is 0.559. The Bertz CT molecular complexity index is 1050. The summed E-state index contributed by atoms with van der Waals surface area (Å²) < 4.78 is 24.8. The molecule has 2 heterocycles. The molecule has 0 saturated heterocycles. The lowest BCUT2D eigenvalue weighted by Crippen LogP contribution is -2.28. The van der Waals surface area contributed by atoms with Crippen LogP contribution in [0.15, 0.2) is 35.5 Å². The van der Waals surface area contributed by atoms with Gasteiger partial charge in [0.2, 0.25) is 0 Å². The minimum absolute atomic E-state index is 0.412. The fourth-order valence-corrected chi connectivity index (χ4v) is 4.18. The van der Waals surface area contributed by atoms with E-state index in [0.29, 0.717) is 11.3 Å². The van der Waals surface area contributed by atoms with Crippen molar-refractivity contribution < 1.29 is 8.42 Å². The van der Waals surface area contributed by atoms with Gasteiger partial charge in [-0.2, -0.15) is 5.10 Å². The Labute approximate surface area is 167 Å². The average molecular weight is 403 g/mol. The van der Waals surface area contributed by atoms with Crippen LogP contribution in [0.2, 0.25) is 0 Å². The van der Waals surface area contributed by atoms with Crippen LogP contribution in [-0.4, -0.2) is 35.4 Å². The zero-order chi connectivity index (χ0) is 21.1. The molecule has 0 saturated carbocycles. The molecule has 0 radical (unpaired) electrons. The van der Waals surface area contributed by atoms with Crippen LogP contribution in [0.3, 0.4) is 0 Å². The van der Waals surface area contributed by atoms with Crippen molar-refractivity contribution in [3.63, 3.8) is 0 Å². The second kappa shape index (κ2) is 8.31. The average Bonchev–Trinajstić information content (AvgIpc) is 3.02. The molecular formula is C21H30N4O2S. The van der Waals surface area contributed by atoms with E-state index in [2.05, 4.69) is 20.5 Å². The first-order chi connectivity index (χ1) is 13.0. The monoisotopic (exact) mass is 402 g/mol. The number of nitrogens with zero attached hydrogens (tertiary/aromatic N) is 2. The summed E-state index contributed by atoms with van der Waals surface area (Å²) in [6, 6.07) is 5.49. The molecule has 28 heavy (non-hydrogen) atoms. The van der Waals surface area contributed by atoms with Crippen molar-refractivity contribution in [3.8, 4) is 0 Å². The maximum Gasteiger partial charge on any atom is 0.183 e. The number of hydrogen-bond acceptors (Lipinski definition) is 5. The fraction of sp³-hybridized carbons (Fsp3) is 0.429. The summed E-state index contributed by atoms with van der Waals surface area (Å²) in [4.78, 5) is 4.76. The third-order valence-electron chi connectivity index (χ3n) is 4.75. The van der Waals surface area contributed by atoms with Crippen LogP contribution < -0.4 is 5.32 Å². The van der Waals surface area contributed by atoms with E-state index in [0.717, 1.165) is 27.8 Å². The Balaban J connectivity index is 0.000000336. The number of benzene rings is 1. The van der Waals surface area contributed by atoms with Gasteiger partial charge in [0.25, 0.3) is 0 Å². The van der Waals surface area contributed by atoms with E-state index in [9.17, 15) is 8.42 Å². The summed E-state index contributed by atoms with van der Waals surface area (Å²) >= 11 is 0. The number of fused-ring (bicyclic) bond motifs is 1. The summed E-state index contributed by atoms with van der Waals surface area (Å²) in [5.74, 6) is 0. The molecule has 0 spiro atoms.